The summed E-state index contributed by atoms with van der Waals surface area (Å²) in [4.78, 5) is 15.3. The summed E-state index contributed by atoms with van der Waals surface area (Å²) in [5, 5.41) is 13.1. The fraction of sp³-hybridized carbons (Fsp3) is 0.400. The average Bonchev–Trinajstić information content (AvgIpc) is 3.22. The standard InChI is InChI=1S/C15H18N4O5S/c1-18-14(16-10-17-18)9-24-11-4-6-12(7-5-11)25(22,23)19-8-2-3-13(19)15(20)21/h4-7,10,13H,2-3,8-9H2,1H3,(H,20,21). The number of hydrogen-bond donors (Lipinski definition) is 1. The highest BCUT2D eigenvalue weighted by molar-refractivity contribution is 7.89. The van der Waals surface area contributed by atoms with Gasteiger partial charge in [-0.3, -0.25) is 9.48 Å². The van der Waals surface area contributed by atoms with Crippen molar-refractivity contribution in [2.24, 2.45) is 7.05 Å². The molecule has 0 bridgehead atoms. The van der Waals surface area contributed by atoms with E-state index in [1.807, 2.05) is 0 Å². The molecule has 0 aliphatic carbocycles. The minimum absolute atomic E-state index is 0.0478. The number of carboxylic acid groups (broad SMARTS) is 1. The van der Waals surface area contributed by atoms with Gasteiger partial charge in [0, 0.05) is 13.6 Å². The van der Waals surface area contributed by atoms with E-state index in [-0.39, 0.29) is 18.0 Å². The van der Waals surface area contributed by atoms with Gasteiger partial charge < -0.3 is 9.84 Å². The normalized spacial score (nSPS) is 18.4. The molecule has 1 aromatic heterocycles. The molecule has 0 amide bonds. The second-order valence-corrected chi connectivity index (χ2v) is 7.56. The van der Waals surface area contributed by atoms with Gasteiger partial charge in [-0.05, 0) is 37.1 Å². The van der Waals surface area contributed by atoms with Crippen molar-refractivity contribution in [3.63, 3.8) is 0 Å². The van der Waals surface area contributed by atoms with Crippen molar-refractivity contribution < 1.29 is 23.1 Å². The van der Waals surface area contributed by atoms with Crippen LogP contribution in [0.1, 0.15) is 18.7 Å². The molecule has 0 radical (unpaired) electrons. The van der Waals surface area contributed by atoms with Crippen LogP contribution in [-0.2, 0) is 28.5 Å². The molecule has 3 rings (SSSR count). The summed E-state index contributed by atoms with van der Waals surface area (Å²) in [6.45, 7) is 0.416. The van der Waals surface area contributed by atoms with Crippen molar-refractivity contribution in [1.29, 1.82) is 0 Å². The monoisotopic (exact) mass is 366 g/mol. The smallest absolute Gasteiger partial charge is 0.322 e. The van der Waals surface area contributed by atoms with Crippen LogP contribution in [0.4, 0.5) is 0 Å². The van der Waals surface area contributed by atoms with E-state index in [4.69, 9.17) is 4.74 Å². The Morgan fingerprint density at radius 2 is 2.08 bits per heavy atom. The van der Waals surface area contributed by atoms with Crippen LogP contribution in [0.3, 0.4) is 0 Å². The van der Waals surface area contributed by atoms with E-state index in [2.05, 4.69) is 10.1 Å². The molecule has 134 valence electrons. The van der Waals surface area contributed by atoms with E-state index in [9.17, 15) is 18.3 Å². The number of hydrogen-bond acceptors (Lipinski definition) is 6. The lowest BCUT2D eigenvalue weighted by molar-refractivity contribution is -0.140. The van der Waals surface area contributed by atoms with Gasteiger partial charge in [-0.25, -0.2) is 13.4 Å². The molecule has 1 fully saturated rings. The molecule has 1 aliphatic rings. The van der Waals surface area contributed by atoms with Crippen molar-refractivity contribution in [2.45, 2.75) is 30.4 Å². The van der Waals surface area contributed by atoms with Crippen LogP contribution in [0.25, 0.3) is 0 Å². The van der Waals surface area contributed by atoms with Gasteiger partial charge in [0.05, 0.1) is 4.90 Å². The maximum absolute atomic E-state index is 12.7. The van der Waals surface area contributed by atoms with Crippen LogP contribution >= 0.6 is 0 Å². The predicted molar refractivity (Wildman–Crippen MR) is 86.3 cm³/mol. The number of carbonyl (C=O) groups is 1. The van der Waals surface area contributed by atoms with Gasteiger partial charge in [-0.2, -0.15) is 9.40 Å². The van der Waals surface area contributed by atoms with Gasteiger partial charge in [-0.1, -0.05) is 0 Å². The van der Waals surface area contributed by atoms with E-state index in [1.165, 1.54) is 30.6 Å². The van der Waals surface area contributed by atoms with E-state index in [0.717, 1.165) is 4.31 Å². The minimum atomic E-state index is -3.84. The fourth-order valence-electron chi connectivity index (χ4n) is 2.72. The fourth-order valence-corrected chi connectivity index (χ4v) is 4.37. The molecule has 25 heavy (non-hydrogen) atoms. The minimum Gasteiger partial charge on any atom is -0.486 e. The van der Waals surface area contributed by atoms with E-state index in [1.54, 1.807) is 11.7 Å². The van der Waals surface area contributed by atoms with Gasteiger partial charge in [0.15, 0.2) is 5.82 Å². The molecule has 9 nitrogen and oxygen atoms in total. The second-order valence-electron chi connectivity index (χ2n) is 5.67. The molecular weight excluding hydrogens is 348 g/mol. The third-order valence-corrected chi connectivity index (χ3v) is 6.01. The predicted octanol–water partition coefficient (Wildman–Crippen LogP) is 0.632. The van der Waals surface area contributed by atoms with E-state index < -0.39 is 22.0 Å². The molecule has 0 saturated carbocycles. The molecule has 1 atom stereocenters. The highest BCUT2D eigenvalue weighted by atomic mass is 32.2. The molecule has 10 heteroatoms. The summed E-state index contributed by atoms with van der Waals surface area (Å²) in [5.74, 6) is 0.000858. The number of rotatable bonds is 6. The Labute approximate surface area is 144 Å². The van der Waals surface area contributed by atoms with Gasteiger partial charge in [0.2, 0.25) is 10.0 Å². The number of benzene rings is 1. The highest BCUT2D eigenvalue weighted by Gasteiger charge is 2.39. The van der Waals surface area contributed by atoms with Gasteiger partial charge in [0.25, 0.3) is 0 Å². The molecule has 1 aliphatic heterocycles. The summed E-state index contributed by atoms with van der Waals surface area (Å²) in [5.41, 5.74) is 0. The molecule has 1 aromatic carbocycles. The highest BCUT2D eigenvalue weighted by Crippen LogP contribution is 2.27. The van der Waals surface area contributed by atoms with Gasteiger partial charge in [-0.15, -0.1) is 0 Å². The Balaban J connectivity index is 1.73. The first-order valence-electron chi connectivity index (χ1n) is 7.70. The number of nitrogens with zero attached hydrogens (tertiary/aromatic N) is 4. The lowest BCUT2D eigenvalue weighted by atomic mass is 10.2. The van der Waals surface area contributed by atoms with Crippen molar-refractivity contribution >= 4 is 16.0 Å². The molecule has 0 spiro atoms. The Morgan fingerprint density at radius 3 is 2.68 bits per heavy atom. The summed E-state index contributed by atoms with van der Waals surface area (Å²) >= 11 is 0. The number of aryl methyl sites for hydroxylation is 1. The number of aliphatic carboxylic acids is 1. The first-order valence-corrected chi connectivity index (χ1v) is 9.14. The summed E-state index contributed by atoms with van der Waals surface area (Å²) in [7, 11) is -2.10. The van der Waals surface area contributed by atoms with Crippen LogP contribution < -0.4 is 4.74 Å². The topological polar surface area (TPSA) is 115 Å². The number of ether oxygens (including phenoxy) is 1. The van der Waals surface area contributed by atoms with Crippen molar-refractivity contribution in [3.05, 3.63) is 36.4 Å². The molecule has 1 N–H and O–H groups in total. The first kappa shape index (κ1) is 17.4. The lowest BCUT2D eigenvalue weighted by Gasteiger charge is -2.21. The van der Waals surface area contributed by atoms with E-state index in [0.29, 0.717) is 24.4 Å². The second kappa shape index (κ2) is 6.81. The van der Waals surface area contributed by atoms with Crippen LogP contribution in [0.2, 0.25) is 0 Å². The van der Waals surface area contributed by atoms with Gasteiger partial charge >= 0.3 is 5.97 Å². The zero-order valence-electron chi connectivity index (χ0n) is 13.6. The maximum atomic E-state index is 12.7. The van der Waals surface area contributed by atoms with Crippen LogP contribution in [0.5, 0.6) is 5.75 Å². The Morgan fingerprint density at radius 1 is 1.36 bits per heavy atom. The SMILES string of the molecule is Cn1ncnc1COc1ccc(S(=O)(=O)N2CCCC2C(=O)O)cc1. The van der Waals surface area contributed by atoms with Crippen molar-refractivity contribution in [1.82, 2.24) is 19.1 Å². The molecule has 1 saturated heterocycles. The third kappa shape index (κ3) is 3.49. The summed E-state index contributed by atoms with van der Waals surface area (Å²) in [6.07, 6.45) is 2.28. The first-order chi connectivity index (χ1) is 11.9. The van der Waals surface area contributed by atoms with Gasteiger partial charge in [0.1, 0.15) is 24.7 Å². The summed E-state index contributed by atoms with van der Waals surface area (Å²) < 4.78 is 33.5. The zero-order valence-corrected chi connectivity index (χ0v) is 14.4. The van der Waals surface area contributed by atoms with Crippen LogP contribution in [0, 0.1) is 0 Å². The number of aromatic nitrogens is 3. The number of carboxylic acids is 1. The molecule has 1 unspecified atom stereocenters. The largest absolute Gasteiger partial charge is 0.486 e. The molecule has 2 aromatic rings. The third-order valence-electron chi connectivity index (χ3n) is 4.09. The quantitative estimate of drug-likeness (QED) is 0.797. The van der Waals surface area contributed by atoms with E-state index >= 15 is 0 Å². The van der Waals surface area contributed by atoms with Crippen LogP contribution in [0.15, 0.2) is 35.5 Å². The average molecular weight is 366 g/mol. The van der Waals surface area contributed by atoms with Crippen LogP contribution in [-0.4, -0.2) is 51.1 Å². The zero-order chi connectivity index (χ0) is 18.0. The Hall–Kier alpha value is -2.46. The lowest BCUT2D eigenvalue weighted by Crippen LogP contribution is -2.40. The maximum Gasteiger partial charge on any atom is 0.322 e. The molecule has 2 heterocycles. The number of sulfonamides is 1. The Bertz CT molecular complexity index is 862. The van der Waals surface area contributed by atoms with Crippen molar-refractivity contribution in [3.8, 4) is 5.75 Å². The van der Waals surface area contributed by atoms with Crippen molar-refractivity contribution in [2.75, 3.05) is 6.54 Å². The summed E-state index contributed by atoms with van der Waals surface area (Å²) in [6, 6.07) is 4.90. The molecular formula is C15H18N4O5S. The Kier molecular flexibility index (Phi) is 4.73.